The molecule has 20 heavy (non-hydrogen) atoms. The van der Waals surface area contributed by atoms with Gasteiger partial charge in [0.1, 0.15) is 0 Å². The van der Waals surface area contributed by atoms with Gasteiger partial charge in [0.2, 0.25) is 0 Å². The van der Waals surface area contributed by atoms with Gasteiger partial charge in [0, 0.05) is 5.92 Å². The van der Waals surface area contributed by atoms with Gasteiger partial charge >= 0.3 is 0 Å². The molecule has 0 aliphatic rings. The largest absolute Gasteiger partial charge is 0.270 e. The van der Waals surface area contributed by atoms with E-state index in [1.54, 1.807) is 0 Å². The number of hydrogen-bond donors (Lipinski definition) is 0. The molecular weight excluding hydrogens is 304 g/mol. The summed E-state index contributed by atoms with van der Waals surface area (Å²) in [6, 6.07) is 9.14. The lowest BCUT2D eigenvalue weighted by Crippen LogP contribution is -2.15. The van der Waals surface area contributed by atoms with Crippen LogP contribution in [0.2, 0.25) is 0 Å². The molecule has 114 valence electrons. The van der Waals surface area contributed by atoms with Gasteiger partial charge in [-0.1, -0.05) is 30.3 Å². The molecule has 0 saturated carbocycles. The van der Waals surface area contributed by atoms with Gasteiger partial charge in [-0.15, -0.1) is 0 Å². The quantitative estimate of drug-likeness (QED) is 0.666. The fourth-order valence-electron chi connectivity index (χ4n) is 1.62. The fraction of sp³-hybridized carbons (Fsp3) is 0.500. The molecule has 0 radical (unpaired) electrons. The maximum absolute atomic E-state index is 11.1. The Morgan fingerprint density at radius 3 is 2.00 bits per heavy atom. The Morgan fingerprint density at radius 2 is 1.50 bits per heavy atom. The molecule has 1 aromatic rings. The summed E-state index contributed by atoms with van der Waals surface area (Å²) < 4.78 is 53.4. The number of rotatable bonds is 8. The Bertz CT molecular complexity index is 607. The van der Waals surface area contributed by atoms with Crippen LogP contribution in [0.15, 0.2) is 30.3 Å². The van der Waals surface area contributed by atoms with E-state index >= 15 is 0 Å². The minimum Gasteiger partial charge on any atom is -0.270 e. The first-order valence-electron chi connectivity index (χ1n) is 5.91. The molecule has 1 unspecified atom stereocenters. The lowest BCUT2D eigenvalue weighted by molar-refractivity contribution is 0.251. The highest BCUT2D eigenvalue weighted by Crippen LogP contribution is 2.21. The van der Waals surface area contributed by atoms with Crippen molar-refractivity contribution in [1.29, 1.82) is 0 Å². The van der Waals surface area contributed by atoms with E-state index in [4.69, 9.17) is 4.18 Å². The van der Waals surface area contributed by atoms with Gasteiger partial charge in [0.05, 0.1) is 25.7 Å². The summed E-state index contributed by atoms with van der Waals surface area (Å²) in [5.41, 5.74) is 0.869. The highest BCUT2D eigenvalue weighted by atomic mass is 32.2. The maximum atomic E-state index is 11.1. The lowest BCUT2D eigenvalue weighted by atomic mass is 9.97. The van der Waals surface area contributed by atoms with Crippen LogP contribution < -0.4 is 0 Å². The van der Waals surface area contributed by atoms with Crippen molar-refractivity contribution < 1.29 is 25.2 Å². The molecule has 0 fully saturated rings. The van der Waals surface area contributed by atoms with Gasteiger partial charge < -0.3 is 0 Å². The van der Waals surface area contributed by atoms with Crippen LogP contribution in [0.4, 0.5) is 0 Å². The topological polar surface area (TPSA) is 86.7 Å². The van der Waals surface area contributed by atoms with Crippen molar-refractivity contribution in [1.82, 2.24) is 0 Å². The van der Waals surface area contributed by atoms with Crippen molar-refractivity contribution in [2.75, 3.05) is 25.7 Å². The van der Waals surface area contributed by atoms with Crippen LogP contribution in [0, 0.1) is 0 Å². The van der Waals surface area contributed by atoms with Crippen LogP contribution in [0.5, 0.6) is 0 Å². The molecule has 0 heterocycles. The standard InChI is InChI=1S/C12H18O6S2/c1-19(13,14)17-9-8-12(10-18-20(2,15)16)11-6-4-3-5-7-11/h3-7,12H,8-10H2,1-2H3. The Labute approximate surface area is 120 Å². The summed E-state index contributed by atoms with van der Waals surface area (Å²) in [5, 5.41) is 0. The average Bonchev–Trinajstić information content (AvgIpc) is 2.32. The minimum absolute atomic E-state index is 0.0223. The average molecular weight is 322 g/mol. The smallest absolute Gasteiger partial charge is 0.264 e. The van der Waals surface area contributed by atoms with E-state index in [1.807, 2.05) is 30.3 Å². The van der Waals surface area contributed by atoms with Crippen LogP contribution in [0.1, 0.15) is 17.9 Å². The first-order valence-corrected chi connectivity index (χ1v) is 9.54. The molecule has 0 aliphatic carbocycles. The molecule has 0 amide bonds. The molecule has 1 aromatic carbocycles. The summed E-state index contributed by atoms with van der Waals surface area (Å²) in [7, 11) is -7.04. The lowest BCUT2D eigenvalue weighted by Gasteiger charge is -2.16. The predicted molar refractivity (Wildman–Crippen MR) is 75.4 cm³/mol. The Balaban J connectivity index is 2.70. The predicted octanol–water partition coefficient (Wildman–Crippen LogP) is 1.11. The van der Waals surface area contributed by atoms with Crippen molar-refractivity contribution in [3.63, 3.8) is 0 Å². The van der Waals surface area contributed by atoms with Crippen molar-refractivity contribution in [3.05, 3.63) is 35.9 Å². The summed E-state index contributed by atoms with van der Waals surface area (Å²) in [6.45, 7) is -0.0680. The molecule has 0 spiro atoms. The number of hydrogen-bond acceptors (Lipinski definition) is 6. The van der Waals surface area contributed by atoms with E-state index in [-0.39, 0.29) is 19.1 Å². The molecule has 0 saturated heterocycles. The summed E-state index contributed by atoms with van der Waals surface area (Å²) in [4.78, 5) is 0. The van der Waals surface area contributed by atoms with Crippen molar-refractivity contribution in [2.24, 2.45) is 0 Å². The third-order valence-electron chi connectivity index (χ3n) is 2.52. The van der Waals surface area contributed by atoms with Crippen LogP contribution >= 0.6 is 0 Å². The van der Waals surface area contributed by atoms with Crippen LogP contribution in [-0.4, -0.2) is 42.6 Å². The Morgan fingerprint density at radius 1 is 0.950 bits per heavy atom. The summed E-state index contributed by atoms with van der Waals surface area (Å²) in [6.07, 6.45) is 2.28. The first-order chi connectivity index (χ1) is 9.17. The zero-order chi connectivity index (χ0) is 15.2. The monoisotopic (exact) mass is 322 g/mol. The molecule has 8 heteroatoms. The van der Waals surface area contributed by atoms with Crippen molar-refractivity contribution in [2.45, 2.75) is 12.3 Å². The second kappa shape index (κ2) is 7.16. The van der Waals surface area contributed by atoms with E-state index in [0.29, 0.717) is 6.42 Å². The van der Waals surface area contributed by atoms with Gasteiger partial charge in [-0.25, -0.2) is 0 Å². The van der Waals surface area contributed by atoms with E-state index in [1.165, 1.54) is 0 Å². The van der Waals surface area contributed by atoms with Crippen molar-refractivity contribution in [3.8, 4) is 0 Å². The Hall–Kier alpha value is -0.960. The van der Waals surface area contributed by atoms with Crippen LogP contribution in [0.25, 0.3) is 0 Å². The molecular formula is C12H18O6S2. The second-order valence-corrected chi connectivity index (χ2v) is 7.70. The van der Waals surface area contributed by atoms with Gasteiger partial charge in [0.25, 0.3) is 20.2 Å². The highest BCUT2D eigenvalue weighted by molar-refractivity contribution is 7.86. The van der Waals surface area contributed by atoms with E-state index < -0.39 is 20.2 Å². The molecule has 0 aromatic heterocycles. The minimum atomic E-state index is -3.54. The van der Waals surface area contributed by atoms with Gasteiger partial charge in [0.15, 0.2) is 0 Å². The first kappa shape index (κ1) is 17.1. The molecule has 1 rings (SSSR count). The second-order valence-electron chi connectivity index (χ2n) is 4.41. The van der Waals surface area contributed by atoms with E-state index in [0.717, 1.165) is 18.1 Å². The van der Waals surface area contributed by atoms with Gasteiger partial charge in [-0.2, -0.15) is 16.8 Å². The third kappa shape index (κ3) is 7.59. The highest BCUT2D eigenvalue weighted by Gasteiger charge is 2.16. The van der Waals surface area contributed by atoms with Gasteiger partial charge in [-0.3, -0.25) is 8.37 Å². The molecule has 1 atom stereocenters. The summed E-state index contributed by atoms with van der Waals surface area (Å²) >= 11 is 0. The van der Waals surface area contributed by atoms with Gasteiger partial charge in [-0.05, 0) is 12.0 Å². The van der Waals surface area contributed by atoms with Crippen LogP contribution in [-0.2, 0) is 28.6 Å². The SMILES string of the molecule is CS(=O)(=O)OCCC(COS(C)(=O)=O)c1ccccc1. The normalized spacial score (nSPS) is 14.1. The summed E-state index contributed by atoms with van der Waals surface area (Å²) in [5.74, 6) is -0.257. The maximum Gasteiger partial charge on any atom is 0.264 e. The zero-order valence-corrected chi connectivity index (χ0v) is 13.0. The third-order valence-corrected chi connectivity index (χ3v) is 3.68. The fourth-order valence-corrected chi connectivity index (χ4v) is 2.43. The molecule has 0 N–H and O–H groups in total. The Kier molecular flexibility index (Phi) is 6.12. The van der Waals surface area contributed by atoms with Crippen molar-refractivity contribution >= 4 is 20.2 Å². The van der Waals surface area contributed by atoms with Crippen LogP contribution in [0.3, 0.4) is 0 Å². The zero-order valence-electron chi connectivity index (χ0n) is 11.4. The molecule has 6 nitrogen and oxygen atoms in total. The molecule has 0 bridgehead atoms. The van der Waals surface area contributed by atoms with E-state index in [2.05, 4.69) is 4.18 Å². The molecule has 0 aliphatic heterocycles. The van der Waals surface area contributed by atoms with E-state index in [9.17, 15) is 16.8 Å². The number of benzene rings is 1.